The van der Waals surface area contributed by atoms with Crippen LogP contribution in [0, 0.1) is 18.8 Å². The van der Waals surface area contributed by atoms with Gasteiger partial charge in [0.15, 0.2) is 0 Å². The Labute approximate surface area is 189 Å². The Morgan fingerprint density at radius 3 is 2.45 bits per heavy atom. The molecule has 3 heterocycles. The van der Waals surface area contributed by atoms with E-state index in [-0.39, 0.29) is 35.2 Å². The average Bonchev–Trinajstić information content (AvgIpc) is 3.46. The van der Waals surface area contributed by atoms with Crippen LogP contribution in [0.3, 0.4) is 0 Å². The third kappa shape index (κ3) is 4.79. The lowest BCUT2D eigenvalue weighted by Crippen LogP contribution is -2.30. The fraction of sp³-hybridized carbons (Fsp3) is 0.478. The van der Waals surface area contributed by atoms with Crippen LogP contribution in [0.5, 0.6) is 5.75 Å². The number of nitrogens with zero attached hydrogens (tertiary/aromatic N) is 5. The van der Waals surface area contributed by atoms with Crippen LogP contribution in [0.1, 0.15) is 54.4 Å². The molecule has 3 aromatic rings. The zero-order chi connectivity index (χ0) is 23.8. The molecule has 1 saturated heterocycles. The van der Waals surface area contributed by atoms with Crippen molar-refractivity contribution in [1.29, 1.82) is 0 Å². The van der Waals surface area contributed by atoms with Gasteiger partial charge in [0.1, 0.15) is 5.75 Å². The van der Waals surface area contributed by atoms with Gasteiger partial charge in [0.05, 0.1) is 0 Å². The number of alkyl halides is 3. The number of halogens is 3. The molecule has 7 nitrogen and oxygen atoms in total. The second-order valence-corrected chi connectivity index (χ2v) is 8.30. The van der Waals surface area contributed by atoms with Gasteiger partial charge in [-0.25, -0.2) is 9.50 Å². The highest BCUT2D eigenvalue weighted by molar-refractivity contribution is 5.91. The van der Waals surface area contributed by atoms with Crippen molar-refractivity contribution in [3.8, 4) is 5.75 Å². The number of hydrogen-bond donors (Lipinski definition) is 0. The van der Waals surface area contributed by atoms with Crippen LogP contribution in [0.2, 0.25) is 0 Å². The summed E-state index contributed by atoms with van der Waals surface area (Å²) < 4.78 is 44.0. The van der Waals surface area contributed by atoms with Crippen LogP contribution in [-0.2, 0) is 0 Å². The molecule has 1 aliphatic carbocycles. The Kier molecular flexibility index (Phi) is 6.27. The summed E-state index contributed by atoms with van der Waals surface area (Å²) >= 11 is 0. The van der Waals surface area contributed by atoms with Crippen molar-refractivity contribution in [3.63, 3.8) is 0 Å². The summed E-state index contributed by atoms with van der Waals surface area (Å²) in [6.45, 7) is 6.97. The van der Waals surface area contributed by atoms with Gasteiger partial charge in [-0.2, -0.15) is 4.98 Å². The molecule has 176 valence electrons. The number of para-hydroxylation sites is 1. The summed E-state index contributed by atoms with van der Waals surface area (Å²) in [4.78, 5) is 23.0. The van der Waals surface area contributed by atoms with Gasteiger partial charge in [0.2, 0.25) is 5.82 Å². The number of fused-ring (bicyclic) bond motifs is 2. The van der Waals surface area contributed by atoms with Crippen LogP contribution in [-0.4, -0.2) is 49.8 Å². The molecule has 1 amide bonds. The van der Waals surface area contributed by atoms with Gasteiger partial charge in [-0.15, -0.1) is 18.3 Å². The van der Waals surface area contributed by atoms with E-state index in [4.69, 9.17) is 0 Å². The minimum Gasteiger partial charge on any atom is -0.405 e. The lowest BCUT2D eigenvalue weighted by molar-refractivity contribution is -0.275. The first-order chi connectivity index (χ1) is 15.8. The van der Waals surface area contributed by atoms with Crippen molar-refractivity contribution in [1.82, 2.24) is 24.5 Å². The number of aryl methyl sites for hydroxylation is 1. The quantitative estimate of drug-likeness (QED) is 0.569. The van der Waals surface area contributed by atoms with Crippen LogP contribution in [0.15, 0.2) is 36.7 Å². The average molecular weight is 461 g/mol. The van der Waals surface area contributed by atoms with Crippen molar-refractivity contribution >= 4 is 11.7 Å². The van der Waals surface area contributed by atoms with Crippen molar-refractivity contribution in [2.24, 2.45) is 11.8 Å². The number of likely N-dealkylation sites (tertiary alicyclic amines) is 1. The summed E-state index contributed by atoms with van der Waals surface area (Å²) in [5, 5.41) is 4.25. The van der Waals surface area contributed by atoms with Crippen LogP contribution >= 0.6 is 0 Å². The predicted octanol–water partition coefficient (Wildman–Crippen LogP) is 4.62. The standard InChI is InChI=1S/C21H20F3N5O2.C2H6/c1-12-8-25-20-26-18(27-29(20)9-12)19(30)28-10-14-6-13(7-15(14)11-28)16-4-2-3-5-17(16)31-21(22,23)24;1-2/h2-5,8-9,13-15H,6-7,10-11H2,1H3;1-2H3/t13?,14-,15+;. The van der Waals surface area contributed by atoms with E-state index in [0.29, 0.717) is 37.3 Å². The molecular weight excluding hydrogens is 435 g/mol. The largest absolute Gasteiger partial charge is 0.573 e. The van der Waals surface area contributed by atoms with Crippen molar-refractivity contribution in [2.45, 2.75) is 45.9 Å². The number of carbonyl (C=O) groups excluding carboxylic acids is 1. The number of benzene rings is 1. The zero-order valence-electron chi connectivity index (χ0n) is 18.7. The molecule has 10 heteroatoms. The maximum atomic E-state index is 12.9. The molecule has 1 aliphatic heterocycles. The van der Waals surface area contributed by atoms with E-state index >= 15 is 0 Å². The highest BCUT2D eigenvalue weighted by Crippen LogP contribution is 2.48. The molecule has 1 unspecified atom stereocenters. The lowest BCUT2D eigenvalue weighted by atomic mass is 9.95. The first kappa shape index (κ1) is 23.0. The normalized spacial score (nSPS) is 22.1. The van der Waals surface area contributed by atoms with Gasteiger partial charge in [0, 0.05) is 25.5 Å². The van der Waals surface area contributed by atoms with Crippen LogP contribution in [0.25, 0.3) is 5.78 Å². The molecule has 0 radical (unpaired) electrons. The first-order valence-corrected chi connectivity index (χ1v) is 11.1. The SMILES string of the molecule is CC.Cc1cnc2nc(C(=O)N3C[C@H]4CC(c5ccccc5OC(F)(F)F)C[C@H]4C3)nn2c1. The molecule has 0 N–H and O–H groups in total. The highest BCUT2D eigenvalue weighted by atomic mass is 19.4. The van der Waals surface area contributed by atoms with Gasteiger partial charge >= 0.3 is 6.36 Å². The van der Waals surface area contributed by atoms with E-state index < -0.39 is 6.36 Å². The Bertz CT molecular complexity index is 1130. The van der Waals surface area contributed by atoms with Gasteiger partial charge in [-0.05, 0) is 54.7 Å². The number of hydrogen-bond acceptors (Lipinski definition) is 5. The van der Waals surface area contributed by atoms with Gasteiger partial charge in [0.25, 0.3) is 11.7 Å². The number of ether oxygens (including phenoxy) is 1. The summed E-state index contributed by atoms with van der Waals surface area (Å²) in [5.41, 5.74) is 1.49. The van der Waals surface area contributed by atoms with Crippen LogP contribution < -0.4 is 4.74 Å². The van der Waals surface area contributed by atoms with E-state index in [2.05, 4.69) is 19.8 Å². The van der Waals surface area contributed by atoms with E-state index in [0.717, 1.165) is 5.56 Å². The molecule has 33 heavy (non-hydrogen) atoms. The fourth-order valence-electron chi connectivity index (χ4n) is 4.86. The van der Waals surface area contributed by atoms with Gasteiger partial charge in [-0.3, -0.25) is 4.79 Å². The first-order valence-electron chi connectivity index (χ1n) is 11.1. The lowest BCUT2D eigenvalue weighted by Gasteiger charge is -2.20. The second-order valence-electron chi connectivity index (χ2n) is 8.30. The summed E-state index contributed by atoms with van der Waals surface area (Å²) in [6.07, 6.45) is 0.134. The minimum absolute atomic E-state index is 0.0219. The molecule has 2 aliphatic rings. The fourth-order valence-corrected chi connectivity index (χ4v) is 4.86. The molecule has 0 spiro atoms. The van der Waals surface area contributed by atoms with Crippen molar-refractivity contribution in [3.05, 3.63) is 53.6 Å². The molecule has 0 bridgehead atoms. The summed E-state index contributed by atoms with van der Waals surface area (Å²) in [5.74, 6) is 0.537. The number of carbonyl (C=O) groups is 1. The number of rotatable bonds is 3. The Morgan fingerprint density at radius 2 is 1.79 bits per heavy atom. The monoisotopic (exact) mass is 461 g/mol. The Balaban J connectivity index is 0.00000126. The molecule has 1 saturated carbocycles. The van der Waals surface area contributed by atoms with Crippen LogP contribution in [0.4, 0.5) is 13.2 Å². The van der Waals surface area contributed by atoms with Crippen molar-refractivity contribution in [2.75, 3.05) is 13.1 Å². The maximum Gasteiger partial charge on any atom is 0.573 e. The molecule has 1 aromatic carbocycles. The van der Waals surface area contributed by atoms with E-state index in [1.54, 1.807) is 35.5 Å². The maximum absolute atomic E-state index is 12.9. The van der Waals surface area contributed by atoms with Gasteiger partial charge < -0.3 is 9.64 Å². The topological polar surface area (TPSA) is 72.6 Å². The third-order valence-corrected chi connectivity index (χ3v) is 6.14. The van der Waals surface area contributed by atoms with Gasteiger partial charge in [-0.1, -0.05) is 32.0 Å². The van der Waals surface area contributed by atoms with E-state index in [1.807, 2.05) is 20.8 Å². The molecule has 3 atom stereocenters. The number of aromatic nitrogens is 4. The third-order valence-electron chi connectivity index (χ3n) is 6.14. The Hall–Kier alpha value is -3.17. The zero-order valence-corrected chi connectivity index (χ0v) is 18.7. The molecule has 2 aromatic heterocycles. The molecule has 2 fully saturated rings. The van der Waals surface area contributed by atoms with E-state index in [9.17, 15) is 18.0 Å². The summed E-state index contributed by atoms with van der Waals surface area (Å²) in [7, 11) is 0. The predicted molar refractivity (Wildman–Crippen MR) is 115 cm³/mol. The van der Waals surface area contributed by atoms with Crippen molar-refractivity contribution < 1.29 is 22.7 Å². The molecule has 5 rings (SSSR count). The smallest absolute Gasteiger partial charge is 0.405 e. The Morgan fingerprint density at radius 1 is 1.12 bits per heavy atom. The second kappa shape index (κ2) is 8.99. The summed E-state index contributed by atoms with van der Waals surface area (Å²) in [6, 6.07) is 6.33. The highest BCUT2D eigenvalue weighted by Gasteiger charge is 2.44. The molecular formula is C23H26F3N5O2. The van der Waals surface area contributed by atoms with E-state index in [1.165, 1.54) is 10.6 Å². The minimum atomic E-state index is -4.72. The number of amides is 1.